The Morgan fingerprint density at radius 3 is 2.40 bits per heavy atom. The highest BCUT2D eigenvalue weighted by Crippen LogP contribution is 2.32. The fourth-order valence-electron chi connectivity index (χ4n) is 1.71. The van der Waals surface area contributed by atoms with E-state index in [2.05, 4.69) is 10.1 Å². The normalized spacial score (nSPS) is 12.4. The molecule has 0 radical (unpaired) electrons. The van der Waals surface area contributed by atoms with E-state index in [9.17, 15) is 13.2 Å². The van der Waals surface area contributed by atoms with Gasteiger partial charge >= 0.3 is 6.18 Å². The predicted molar refractivity (Wildman–Crippen MR) is 67.2 cm³/mol. The average Bonchev–Trinajstić information content (AvgIpc) is 2.46. The van der Waals surface area contributed by atoms with Gasteiger partial charge in [-0.3, -0.25) is 4.98 Å². The van der Waals surface area contributed by atoms with Gasteiger partial charge in [-0.2, -0.15) is 13.2 Å². The van der Waals surface area contributed by atoms with Crippen molar-refractivity contribution in [2.75, 3.05) is 0 Å². The molecule has 0 amide bonds. The minimum Gasteiger partial charge on any atom is -0.409 e. The van der Waals surface area contributed by atoms with Crippen molar-refractivity contribution in [3.05, 3.63) is 53.9 Å². The summed E-state index contributed by atoms with van der Waals surface area (Å²) in [5.41, 5.74) is 5.18. The highest BCUT2D eigenvalue weighted by atomic mass is 19.4. The molecule has 0 aliphatic rings. The lowest BCUT2D eigenvalue weighted by Gasteiger charge is -2.12. The molecule has 0 bridgehead atoms. The van der Waals surface area contributed by atoms with Gasteiger partial charge < -0.3 is 10.9 Å². The number of alkyl halides is 3. The number of halogens is 3. The second-order valence-electron chi connectivity index (χ2n) is 3.97. The maximum absolute atomic E-state index is 12.7. The van der Waals surface area contributed by atoms with Crippen molar-refractivity contribution in [1.29, 1.82) is 0 Å². The molecule has 0 atom stereocenters. The Bertz CT molecular complexity index is 639. The van der Waals surface area contributed by atoms with Gasteiger partial charge in [0.1, 0.15) is 5.69 Å². The Kier molecular flexibility index (Phi) is 3.60. The van der Waals surface area contributed by atoms with Crippen LogP contribution in [0.4, 0.5) is 13.2 Å². The van der Waals surface area contributed by atoms with Gasteiger partial charge in [0.15, 0.2) is 5.84 Å². The lowest BCUT2D eigenvalue weighted by atomic mass is 10.0. The first-order valence-electron chi connectivity index (χ1n) is 5.54. The smallest absolute Gasteiger partial charge is 0.409 e. The van der Waals surface area contributed by atoms with E-state index in [-0.39, 0.29) is 17.1 Å². The molecule has 0 spiro atoms. The summed E-state index contributed by atoms with van der Waals surface area (Å²) in [6.07, 6.45) is -3.86. The molecule has 2 rings (SSSR count). The highest BCUT2D eigenvalue weighted by Gasteiger charge is 2.32. The minimum absolute atomic E-state index is 0.00769. The third-order valence-electron chi connectivity index (χ3n) is 2.65. The van der Waals surface area contributed by atoms with Crippen LogP contribution in [-0.2, 0) is 6.18 Å². The number of nitrogens with two attached hydrogens (primary N) is 1. The van der Waals surface area contributed by atoms with Crippen molar-refractivity contribution < 1.29 is 18.4 Å². The summed E-state index contributed by atoms with van der Waals surface area (Å²) in [5.74, 6) is -0.349. The van der Waals surface area contributed by atoms with Crippen molar-refractivity contribution in [2.24, 2.45) is 10.9 Å². The molecule has 0 aliphatic heterocycles. The Morgan fingerprint density at radius 1 is 1.20 bits per heavy atom. The van der Waals surface area contributed by atoms with Crippen LogP contribution in [0.1, 0.15) is 11.3 Å². The predicted octanol–water partition coefficient (Wildman–Crippen LogP) is 2.86. The Balaban J connectivity index is 2.67. The molecule has 1 heterocycles. The van der Waals surface area contributed by atoms with Gasteiger partial charge in [-0.05, 0) is 11.6 Å². The third kappa shape index (κ3) is 2.71. The molecule has 0 fully saturated rings. The zero-order valence-corrected chi connectivity index (χ0v) is 10.1. The second-order valence-corrected chi connectivity index (χ2v) is 3.97. The van der Waals surface area contributed by atoms with Crippen molar-refractivity contribution in [3.8, 4) is 11.1 Å². The summed E-state index contributed by atoms with van der Waals surface area (Å²) in [6, 6.07) is 9.23. The Morgan fingerprint density at radius 2 is 1.85 bits per heavy atom. The molecule has 0 aliphatic carbocycles. The first kappa shape index (κ1) is 13.9. The molecular weight excluding hydrogens is 271 g/mol. The van der Waals surface area contributed by atoms with Crippen LogP contribution >= 0.6 is 0 Å². The molecule has 20 heavy (non-hydrogen) atoms. The van der Waals surface area contributed by atoms with Crippen LogP contribution in [0.15, 0.2) is 47.8 Å². The van der Waals surface area contributed by atoms with Gasteiger partial charge in [0.05, 0.1) is 5.56 Å². The molecule has 4 nitrogen and oxygen atoms in total. The number of pyridine rings is 1. The largest absolute Gasteiger partial charge is 0.417 e. The third-order valence-corrected chi connectivity index (χ3v) is 2.65. The number of oxime groups is 1. The number of rotatable bonds is 2. The number of hydrogen-bond donors (Lipinski definition) is 2. The van der Waals surface area contributed by atoms with Gasteiger partial charge in [-0.15, -0.1) is 0 Å². The lowest BCUT2D eigenvalue weighted by Crippen LogP contribution is -2.18. The zero-order valence-electron chi connectivity index (χ0n) is 10.1. The van der Waals surface area contributed by atoms with Gasteiger partial charge in [-0.25, -0.2) is 0 Å². The molecule has 1 aromatic carbocycles. The van der Waals surface area contributed by atoms with E-state index in [0.29, 0.717) is 11.8 Å². The Labute approximate surface area is 112 Å². The van der Waals surface area contributed by atoms with Gasteiger partial charge in [-0.1, -0.05) is 35.5 Å². The SMILES string of the molecule is N/C(=N\O)c1ncc(C(F)(F)F)cc1-c1ccccc1. The molecule has 104 valence electrons. The van der Waals surface area contributed by atoms with E-state index in [1.807, 2.05) is 0 Å². The molecule has 0 unspecified atom stereocenters. The first-order valence-corrected chi connectivity index (χ1v) is 5.54. The molecule has 0 saturated heterocycles. The number of hydrogen-bond acceptors (Lipinski definition) is 3. The van der Waals surface area contributed by atoms with E-state index in [1.165, 1.54) is 0 Å². The zero-order chi connectivity index (χ0) is 14.8. The number of amidine groups is 1. The monoisotopic (exact) mass is 281 g/mol. The van der Waals surface area contributed by atoms with Crippen LogP contribution in [0.2, 0.25) is 0 Å². The van der Waals surface area contributed by atoms with E-state index < -0.39 is 11.7 Å². The van der Waals surface area contributed by atoms with Crippen LogP contribution in [0, 0.1) is 0 Å². The van der Waals surface area contributed by atoms with Crippen molar-refractivity contribution in [1.82, 2.24) is 4.98 Å². The Hall–Kier alpha value is -2.57. The van der Waals surface area contributed by atoms with E-state index in [1.54, 1.807) is 30.3 Å². The van der Waals surface area contributed by atoms with Crippen LogP contribution < -0.4 is 5.73 Å². The molecule has 1 aromatic heterocycles. The fourth-order valence-corrected chi connectivity index (χ4v) is 1.71. The molecule has 0 saturated carbocycles. The summed E-state index contributed by atoms with van der Waals surface area (Å²) >= 11 is 0. The molecule has 7 heteroatoms. The maximum Gasteiger partial charge on any atom is 0.417 e. The second kappa shape index (κ2) is 5.20. The summed E-state index contributed by atoms with van der Waals surface area (Å²) in [5, 5.41) is 11.5. The lowest BCUT2D eigenvalue weighted by molar-refractivity contribution is -0.137. The summed E-state index contributed by atoms with van der Waals surface area (Å²) in [7, 11) is 0. The van der Waals surface area contributed by atoms with Crippen LogP contribution in [0.5, 0.6) is 0 Å². The molecule has 3 N–H and O–H groups in total. The van der Waals surface area contributed by atoms with Crippen molar-refractivity contribution >= 4 is 5.84 Å². The molecule has 2 aromatic rings. The quantitative estimate of drug-likeness (QED) is 0.385. The number of benzene rings is 1. The summed E-state index contributed by atoms with van der Waals surface area (Å²) < 4.78 is 38.2. The van der Waals surface area contributed by atoms with Crippen LogP contribution in [0.25, 0.3) is 11.1 Å². The van der Waals surface area contributed by atoms with Crippen molar-refractivity contribution in [2.45, 2.75) is 6.18 Å². The maximum atomic E-state index is 12.7. The van der Waals surface area contributed by atoms with Crippen molar-refractivity contribution in [3.63, 3.8) is 0 Å². The number of nitrogens with zero attached hydrogens (tertiary/aromatic N) is 2. The van der Waals surface area contributed by atoms with E-state index >= 15 is 0 Å². The summed E-state index contributed by atoms with van der Waals surface area (Å²) in [6.45, 7) is 0. The first-order chi connectivity index (χ1) is 9.43. The van der Waals surface area contributed by atoms with Crippen LogP contribution in [0.3, 0.4) is 0 Å². The number of aromatic nitrogens is 1. The fraction of sp³-hybridized carbons (Fsp3) is 0.0769. The highest BCUT2D eigenvalue weighted by molar-refractivity contribution is 6.01. The minimum atomic E-state index is -4.51. The average molecular weight is 281 g/mol. The summed E-state index contributed by atoms with van der Waals surface area (Å²) in [4.78, 5) is 3.66. The standard InChI is InChI=1S/C13H10F3N3O/c14-13(15,16)9-6-10(8-4-2-1-3-5-8)11(18-7-9)12(17)19-20/h1-7,20H,(H2,17,19). The topological polar surface area (TPSA) is 71.5 Å². The van der Waals surface area contributed by atoms with Gasteiger partial charge in [0.25, 0.3) is 0 Å². The molecular formula is C13H10F3N3O. The van der Waals surface area contributed by atoms with Gasteiger partial charge in [0, 0.05) is 11.8 Å². The van der Waals surface area contributed by atoms with E-state index in [4.69, 9.17) is 10.9 Å². The van der Waals surface area contributed by atoms with Crippen LogP contribution in [-0.4, -0.2) is 16.0 Å². The van der Waals surface area contributed by atoms with Gasteiger partial charge in [0.2, 0.25) is 0 Å². The van der Waals surface area contributed by atoms with E-state index in [0.717, 1.165) is 6.07 Å².